The lowest BCUT2D eigenvalue weighted by Crippen LogP contribution is -2.48. The molecule has 0 fully saturated rings. The van der Waals surface area contributed by atoms with Gasteiger partial charge in [0.1, 0.15) is 6.04 Å². The van der Waals surface area contributed by atoms with Crippen LogP contribution in [0.5, 0.6) is 0 Å². The summed E-state index contributed by atoms with van der Waals surface area (Å²) >= 11 is 4.85. The average molecular weight is 335 g/mol. The summed E-state index contributed by atoms with van der Waals surface area (Å²) in [6.45, 7) is 3.87. The summed E-state index contributed by atoms with van der Waals surface area (Å²) in [4.78, 5) is 23.5. The highest BCUT2D eigenvalue weighted by molar-refractivity contribution is 9.11. The first-order valence-electron chi connectivity index (χ1n) is 5.41. The molecule has 0 spiro atoms. The number of nitrogens with one attached hydrogen (secondary N) is 2. The van der Waals surface area contributed by atoms with E-state index in [2.05, 4.69) is 26.6 Å². The molecule has 1 heterocycles. The minimum Gasteiger partial charge on any atom is -0.480 e. The van der Waals surface area contributed by atoms with E-state index >= 15 is 0 Å². The Morgan fingerprint density at radius 3 is 2.56 bits per heavy atom. The molecule has 1 rings (SSSR count). The normalized spacial score (nSPS) is 12.2. The molecular formula is C11H15BrN2O3S. The number of carbonyl (C=O) groups excluding carboxylic acids is 1. The number of urea groups is 1. The van der Waals surface area contributed by atoms with Crippen molar-refractivity contribution in [1.29, 1.82) is 0 Å². The number of amides is 2. The van der Waals surface area contributed by atoms with Crippen LogP contribution in [0.15, 0.2) is 15.9 Å². The van der Waals surface area contributed by atoms with Crippen molar-refractivity contribution in [2.24, 2.45) is 5.92 Å². The van der Waals surface area contributed by atoms with Crippen LogP contribution >= 0.6 is 27.3 Å². The number of hydrogen-bond donors (Lipinski definition) is 3. The lowest BCUT2D eigenvalue weighted by molar-refractivity contribution is -0.140. The van der Waals surface area contributed by atoms with Gasteiger partial charge in [0.15, 0.2) is 0 Å². The third-order valence-electron chi connectivity index (χ3n) is 2.27. The van der Waals surface area contributed by atoms with Gasteiger partial charge < -0.3 is 15.7 Å². The van der Waals surface area contributed by atoms with Gasteiger partial charge in [0.25, 0.3) is 0 Å². The summed E-state index contributed by atoms with van der Waals surface area (Å²) in [7, 11) is 0. The predicted molar refractivity (Wildman–Crippen MR) is 73.7 cm³/mol. The van der Waals surface area contributed by atoms with E-state index < -0.39 is 18.0 Å². The maximum absolute atomic E-state index is 11.5. The van der Waals surface area contributed by atoms with Gasteiger partial charge >= 0.3 is 12.0 Å². The third-order valence-corrected chi connectivity index (χ3v) is 3.89. The number of rotatable bonds is 5. The first kappa shape index (κ1) is 15.0. The first-order valence-corrected chi connectivity index (χ1v) is 7.02. The van der Waals surface area contributed by atoms with Crippen molar-refractivity contribution in [3.8, 4) is 0 Å². The van der Waals surface area contributed by atoms with Crippen LogP contribution < -0.4 is 10.6 Å². The Balaban J connectivity index is 2.43. The second kappa shape index (κ2) is 6.75. The molecule has 0 unspecified atom stereocenters. The SMILES string of the molecule is CC(C)[C@H](NC(=O)NCc1ccc(Br)s1)C(=O)O. The van der Waals surface area contributed by atoms with Gasteiger partial charge in [-0.2, -0.15) is 0 Å². The number of carbonyl (C=O) groups is 2. The Kier molecular flexibility index (Phi) is 5.61. The van der Waals surface area contributed by atoms with Crippen LogP contribution in [-0.4, -0.2) is 23.1 Å². The fraction of sp³-hybridized carbons (Fsp3) is 0.455. The highest BCUT2D eigenvalue weighted by Gasteiger charge is 2.23. The summed E-state index contributed by atoms with van der Waals surface area (Å²) in [6.07, 6.45) is 0. The van der Waals surface area contributed by atoms with E-state index in [9.17, 15) is 9.59 Å². The molecule has 0 radical (unpaired) electrons. The Bertz CT molecular complexity index is 434. The van der Waals surface area contributed by atoms with Crippen LogP contribution in [0.4, 0.5) is 4.79 Å². The van der Waals surface area contributed by atoms with Crippen molar-refractivity contribution < 1.29 is 14.7 Å². The first-order chi connectivity index (χ1) is 8.40. The number of halogens is 1. The monoisotopic (exact) mass is 334 g/mol. The fourth-order valence-corrected chi connectivity index (χ4v) is 2.74. The number of aliphatic carboxylic acids is 1. The van der Waals surface area contributed by atoms with E-state index in [0.29, 0.717) is 6.54 Å². The van der Waals surface area contributed by atoms with E-state index in [-0.39, 0.29) is 5.92 Å². The molecule has 0 aliphatic rings. The highest BCUT2D eigenvalue weighted by Crippen LogP contribution is 2.21. The maximum Gasteiger partial charge on any atom is 0.326 e. The lowest BCUT2D eigenvalue weighted by atomic mass is 10.1. The Morgan fingerprint density at radius 1 is 1.44 bits per heavy atom. The zero-order valence-electron chi connectivity index (χ0n) is 10.1. The number of thiophene rings is 1. The van der Waals surface area contributed by atoms with Crippen molar-refractivity contribution in [2.75, 3.05) is 0 Å². The van der Waals surface area contributed by atoms with Crippen molar-refractivity contribution in [2.45, 2.75) is 26.4 Å². The minimum absolute atomic E-state index is 0.163. The fourth-order valence-electron chi connectivity index (χ4n) is 1.32. The molecule has 0 bridgehead atoms. The molecule has 0 saturated carbocycles. The van der Waals surface area contributed by atoms with Crippen molar-refractivity contribution >= 4 is 39.3 Å². The van der Waals surface area contributed by atoms with Gasteiger partial charge in [0.05, 0.1) is 10.3 Å². The zero-order valence-corrected chi connectivity index (χ0v) is 12.5. The molecule has 0 aliphatic heterocycles. The molecule has 0 saturated heterocycles. The molecule has 1 aromatic rings. The molecule has 1 aromatic heterocycles. The van der Waals surface area contributed by atoms with Gasteiger partial charge in [-0.3, -0.25) is 0 Å². The third kappa shape index (κ3) is 4.66. The second-order valence-corrected chi connectivity index (χ2v) is 6.64. The maximum atomic E-state index is 11.5. The van der Waals surface area contributed by atoms with Gasteiger partial charge in [0, 0.05) is 4.88 Å². The van der Waals surface area contributed by atoms with E-state index in [1.165, 1.54) is 11.3 Å². The molecule has 1 atom stereocenters. The molecule has 100 valence electrons. The summed E-state index contributed by atoms with van der Waals surface area (Å²) in [5, 5.41) is 14.0. The molecule has 0 aromatic carbocycles. The average Bonchev–Trinajstić information content (AvgIpc) is 2.68. The van der Waals surface area contributed by atoms with E-state index in [1.807, 2.05) is 12.1 Å². The lowest BCUT2D eigenvalue weighted by Gasteiger charge is -2.18. The van der Waals surface area contributed by atoms with Crippen molar-refractivity contribution in [1.82, 2.24) is 10.6 Å². The van der Waals surface area contributed by atoms with Crippen LogP contribution in [0.3, 0.4) is 0 Å². The standard InChI is InChI=1S/C11H15BrN2O3S/c1-6(2)9(10(15)16)14-11(17)13-5-7-3-4-8(12)18-7/h3-4,6,9H,5H2,1-2H3,(H,15,16)(H2,13,14,17)/t9-/m0/s1. The topological polar surface area (TPSA) is 78.4 Å². The van der Waals surface area contributed by atoms with Crippen LogP contribution in [0, 0.1) is 5.92 Å². The number of carboxylic acid groups (broad SMARTS) is 1. The number of carboxylic acids is 1. The smallest absolute Gasteiger partial charge is 0.326 e. The van der Waals surface area contributed by atoms with Gasteiger partial charge in [-0.15, -0.1) is 11.3 Å². The van der Waals surface area contributed by atoms with Gasteiger partial charge in [-0.1, -0.05) is 13.8 Å². The molecule has 5 nitrogen and oxygen atoms in total. The van der Waals surface area contributed by atoms with Crippen LogP contribution in [0.2, 0.25) is 0 Å². The van der Waals surface area contributed by atoms with Gasteiger partial charge in [0.2, 0.25) is 0 Å². The zero-order chi connectivity index (χ0) is 13.7. The van der Waals surface area contributed by atoms with Crippen LogP contribution in [0.1, 0.15) is 18.7 Å². The van der Waals surface area contributed by atoms with E-state index in [0.717, 1.165) is 8.66 Å². The molecule has 0 aliphatic carbocycles. The molecule has 18 heavy (non-hydrogen) atoms. The summed E-state index contributed by atoms with van der Waals surface area (Å²) in [5.41, 5.74) is 0. The second-order valence-electron chi connectivity index (χ2n) is 4.09. The van der Waals surface area contributed by atoms with E-state index in [1.54, 1.807) is 13.8 Å². The van der Waals surface area contributed by atoms with Gasteiger partial charge in [-0.25, -0.2) is 9.59 Å². The summed E-state index contributed by atoms with van der Waals surface area (Å²) in [5.74, 6) is -1.19. The highest BCUT2D eigenvalue weighted by atomic mass is 79.9. The quantitative estimate of drug-likeness (QED) is 0.773. The number of hydrogen-bond acceptors (Lipinski definition) is 3. The minimum atomic E-state index is -1.03. The molecule has 7 heteroatoms. The van der Waals surface area contributed by atoms with Crippen molar-refractivity contribution in [3.05, 3.63) is 20.8 Å². The predicted octanol–water partition coefficient (Wildman–Crippen LogP) is 2.42. The Hall–Kier alpha value is -1.08. The van der Waals surface area contributed by atoms with Crippen molar-refractivity contribution in [3.63, 3.8) is 0 Å². The molecule has 2 amide bonds. The molecular weight excluding hydrogens is 320 g/mol. The van der Waals surface area contributed by atoms with E-state index in [4.69, 9.17) is 5.11 Å². The largest absolute Gasteiger partial charge is 0.480 e. The molecule has 3 N–H and O–H groups in total. The Morgan fingerprint density at radius 2 is 2.11 bits per heavy atom. The summed E-state index contributed by atoms with van der Waals surface area (Å²) in [6, 6.07) is 2.44. The summed E-state index contributed by atoms with van der Waals surface area (Å²) < 4.78 is 0.991. The van der Waals surface area contributed by atoms with Gasteiger partial charge in [-0.05, 0) is 34.0 Å². The Labute approximate surface area is 118 Å². The van der Waals surface area contributed by atoms with Crippen LogP contribution in [0.25, 0.3) is 0 Å². The van der Waals surface area contributed by atoms with Crippen LogP contribution in [-0.2, 0) is 11.3 Å².